The summed E-state index contributed by atoms with van der Waals surface area (Å²) in [6, 6.07) is 29.4. The smallest absolute Gasteiger partial charge is 0.174 e. The molecule has 3 nitrogen and oxygen atoms in total. The third-order valence-corrected chi connectivity index (χ3v) is 5.87. The molecule has 0 saturated carbocycles. The standard InChI is InChI=1S/C25H25NO2.ClH/c27-24(21-12-6-2-7-13-21)23-19-26(18-20-10-4-1-5-11-20)17-16-25(23,28)22-14-8-3-9-15-22;/h1-15,23,28H,16-19H2;1H. The molecule has 0 aliphatic carbocycles. The van der Waals surface area contributed by atoms with Gasteiger partial charge in [-0.2, -0.15) is 0 Å². The number of aliphatic hydroxyl groups is 1. The highest BCUT2D eigenvalue weighted by atomic mass is 35.5. The second-order valence-electron chi connectivity index (χ2n) is 7.69. The second-order valence-corrected chi connectivity index (χ2v) is 7.69. The van der Waals surface area contributed by atoms with E-state index in [0.717, 1.165) is 18.7 Å². The van der Waals surface area contributed by atoms with Crippen LogP contribution in [0.1, 0.15) is 27.9 Å². The molecule has 2 N–H and O–H groups in total. The first-order valence-electron chi connectivity index (χ1n) is 9.91. The average Bonchev–Trinajstić information content (AvgIpc) is 2.77. The molecule has 3 unspecified atom stereocenters. The van der Waals surface area contributed by atoms with Gasteiger partial charge >= 0.3 is 0 Å². The molecule has 4 heteroatoms. The van der Waals surface area contributed by atoms with Gasteiger partial charge in [0.1, 0.15) is 18.1 Å². The molecule has 3 aromatic carbocycles. The molecular formula is C25H26ClNO2. The van der Waals surface area contributed by atoms with Gasteiger partial charge in [0.2, 0.25) is 0 Å². The molecular weight excluding hydrogens is 382 g/mol. The Morgan fingerprint density at radius 2 is 1.45 bits per heavy atom. The fraction of sp³-hybridized carbons (Fsp3) is 0.240. The molecule has 0 aromatic heterocycles. The minimum atomic E-state index is -1.13. The summed E-state index contributed by atoms with van der Waals surface area (Å²) < 4.78 is 0. The van der Waals surface area contributed by atoms with Crippen LogP contribution in [-0.2, 0) is 12.1 Å². The quantitative estimate of drug-likeness (QED) is 0.578. The molecule has 1 heterocycles. The lowest BCUT2D eigenvalue weighted by atomic mass is 9.72. The number of benzene rings is 3. The SMILES string of the molecule is O=C(c1ccccc1)C1C[NH+](Cc2ccccc2)CCC1(O)c1ccccc1.[Cl-]. The van der Waals surface area contributed by atoms with Crippen molar-refractivity contribution < 1.29 is 27.2 Å². The zero-order valence-electron chi connectivity index (χ0n) is 16.3. The number of hydrogen-bond acceptors (Lipinski definition) is 2. The summed E-state index contributed by atoms with van der Waals surface area (Å²) in [6.07, 6.45) is 0.572. The molecule has 1 fully saturated rings. The van der Waals surface area contributed by atoms with Crippen molar-refractivity contribution in [3.63, 3.8) is 0 Å². The summed E-state index contributed by atoms with van der Waals surface area (Å²) >= 11 is 0. The van der Waals surface area contributed by atoms with Crippen molar-refractivity contribution in [2.45, 2.75) is 18.6 Å². The number of carbonyl (C=O) groups excluding carboxylic acids is 1. The number of halogens is 1. The van der Waals surface area contributed by atoms with Crippen molar-refractivity contribution in [3.8, 4) is 0 Å². The molecule has 0 spiro atoms. The first kappa shape index (κ1) is 21.3. The van der Waals surface area contributed by atoms with Crippen LogP contribution in [0.3, 0.4) is 0 Å². The number of quaternary nitrogens is 1. The highest BCUT2D eigenvalue weighted by Crippen LogP contribution is 2.36. The molecule has 4 rings (SSSR count). The van der Waals surface area contributed by atoms with E-state index in [4.69, 9.17) is 0 Å². The molecule has 3 atom stereocenters. The number of Topliss-reactive ketones (excluding diaryl/α,β-unsaturated/α-hetero) is 1. The average molecular weight is 408 g/mol. The van der Waals surface area contributed by atoms with Gasteiger partial charge in [-0.1, -0.05) is 91.0 Å². The van der Waals surface area contributed by atoms with Crippen LogP contribution < -0.4 is 17.3 Å². The molecule has 29 heavy (non-hydrogen) atoms. The van der Waals surface area contributed by atoms with E-state index < -0.39 is 11.5 Å². The lowest BCUT2D eigenvalue weighted by molar-refractivity contribution is -0.924. The third-order valence-electron chi connectivity index (χ3n) is 5.87. The molecule has 0 bridgehead atoms. The zero-order valence-corrected chi connectivity index (χ0v) is 17.1. The van der Waals surface area contributed by atoms with Gasteiger partial charge in [0.25, 0.3) is 0 Å². The number of piperidine rings is 1. The summed E-state index contributed by atoms with van der Waals surface area (Å²) in [6.45, 7) is 2.32. The summed E-state index contributed by atoms with van der Waals surface area (Å²) in [4.78, 5) is 14.7. The number of likely N-dealkylation sites (tertiary alicyclic amines) is 1. The Bertz CT molecular complexity index is 917. The zero-order chi connectivity index (χ0) is 19.4. The van der Waals surface area contributed by atoms with Crippen LogP contribution in [0.2, 0.25) is 0 Å². The highest BCUT2D eigenvalue weighted by molar-refractivity contribution is 5.98. The van der Waals surface area contributed by atoms with Crippen LogP contribution in [-0.4, -0.2) is 24.0 Å². The maximum atomic E-state index is 13.4. The number of ketones is 1. The monoisotopic (exact) mass is 407 g/mol. The first-order chi connectivity index (χ1) is 13.7. The van der Waals surface area contributed by atoms with Crippen LogP contribution >= 0.6 is 0 Å². The van der Waals surface area contributed by atoms with Crippen molar-refractivity contribution in [2.24, 2.45) is 5.92 Å². The van der Waals surface area contributed by atoms with Crippen LogP contribution in [0.4, 0.5) is 0 Å². The Labute approximate surface area is 178 Å². The van der Waals surface area contributed by atoms with Gasteiger partial charge in [0.05, 0.1) is 13.1 Å². The minimum Gasteiger partial charge on any atom is -1.00 e. The Morgan fingerprint density at radius 3 is 2.07 bits per heavy atom. The number of nitrogens with one attached hydrogen (secondary N) is 1. The molecule has 1 aliphatic rings. The number of rotatable bonds is 5. The van der Waals surface area contributed by atoms with Gasteiger partial charge < -0.3 is 22.4 Å². The van der Waals surface area contributed by atoms with E-state index in [1.54, 1.807) is 0 Å². The van der Waals surface area contributed by atoms with Gasteiger partial charge in [-0.3, -0.25) is 4.79 Å². The molecule has 150 valence electrons. The third kappa shape index (κ3) is 4.59. The lowest BCUT2D eigenvalue weighted by Gasteiger charge is -2.42. The summed E-state index contributed by atoms with van der Waals surface area (Å²) in [7, 11) is 0. The van der Waals surface area contributed by atoms with E-state index in [0.29, 0.717) is 18.5 Å². The fourth-order valence-electron chi connectivity index (χ4n) is 4.33. The van der Waals surface area contributed by atoms with Gasteiger partial charge in [-0.05, 0) is 5.56 Å². The predicted octanol–water partition coefficient (Wildman–Crippen LogP) is -0.134. The van der Waals surface area contributed by atoms with Crippen molar-refractivity contribution in [1.82, 2.24) is 0 Å². The normalized spacial score (nSPS) is 23.8. The Morgan fingerprint density at radius 1 is 0.897 bits per heavy atom. The van der Waals surface area contributed by atoms with Gasteiger partial charge in [0, 0.05) is 17.5 Å². The van der Waals surface area contributed by atoms with E-state index in [1.165, 1.54) is 10.5 Å². The molecule has 0 amide bonds. The molecule has 1 aliphatic heterocycles. The van der Waals surface area contributed by atoms with Gasteiger partial charge in [0.15, 0.2) is 5.78 Å². The van der Waals surface area contributed by atoms with Crippen molar-refractivity contribution >= 4 is 5.78 Å². The van der Waals surface area contributed by atoms with Gasteiger partial charge in [-0.25, -0.2) is 0 Å². The van der Waals surface area contributed by atoms with Crippen LogP contribution in [0, 0.1) is 5.92 Å². The minimum absolute atomic E-state index is 0. The van der Waals surface area contributed by atoms with E-state index in [1.807, 2.05) is 78.9 Å². The second kappa shape index (κ2) is 9.36. The van der Waals surface area contributed by atoms with E-state index in [2.05, 4.69) is 12.1 Å². The largest absolute Gasteiger partial charge is 1.00 e. The van der Waals surface area contributed by atoms with Crippen LogP contribution in [0.15, 0.2) is 91.0 Å². The van der Waals surface area contributed by atoms with Crippen molar-refractivity contribution in [2.75, 3.05) is 13.1 Å². The van der Waals surface area contributed by atoms with E-state index >= 15 is 0 Å². The predicted molar refractivity (Wildman–Crippen MR) is 110 cm³/mol. The molecule has 3 aromatic rings. The summed E-state index contributed by atoms with van der Waals surface area (Å²) in [5.74, 6) is -0.443. The van der Waals surface area contributed by atoms with Gasteiger partial charge in [-0.15, -0.1) is 0 Å². The fourth-order valence-corrected chi connectivity index (χ4v) is 4.33. The Balaban J connectivity index is 0.00000240. The van der Waals surface area contributed by atoms with Crippen LogP contribution in [0.25, 0.3) is 0 Å². The summed E-state index contributed by atoms with van der Waals surface area (Å²) in [5.41, 5.74) is 1.63. The number of hydrogen-bond donors (Lipinski definition) is 2. The van der Waals surface area contributed by atoms with E-state index in [9.17, 15) is 9.90 Å². The maximum Gasteiger partial charge on any atom is 0.174 e. The molecule has 0 radical (unpaired) electrons. The molecule has 1 saturated heterocycles. The van der Waals surface area contributed by atoms with Crippen LogP contribution in [0.5, 0.6) is 0 Å². The first-order valence-corrected chi connectivity index (χ1v) is 9.91. The summed E-state index contributed by atoms with van der Waals surface area (Å²) in [5, 5.41) is 11.7. The topological polar surface area (TPSA) is 41.7 Å². The lowest BCUT2D eigenvalue weighted by Crippen LogP contribution is -3.13. The number of carbonyl (C=O) groups is 1. The Hall–Kier alpha value is -2.46. The van der Waals surface area contributed by atoms with Crippen molar-refractivity contribution in [1.29, 1.82) is 0 Å². The van der Waals surface area contributed by atoms with E-state index in [-0.39, 0.29) is 18.2 Å². The Kier molecular flexibility index (Phi) is 6.86. The highest BCUT2D eigenvalue weighted by Gasteiger charge is 2.48. The maximum absolute atomic E-state index is 13.4. The van der Waals surface area contributed by atoms with Crippen molar-refractivity contribution in [3.05, 3.63) is 108 Å².